The van der Waals surface area contributed by atoms with Crippen LogP contribution >= 0.6 is 11.3 Å². The maximum atomic E-state index is 5.06. The quantitative estimate of drug-likeness (QED) is 0.196. The summed E-state index contributed by atoms with van der Waals surface area (Å²) in [6.45, 7) is 0. The number of fused-ring (bicyclic) bond motifs is 4. The van der Waals surface area contributed by atoms with Crippen molar-refractivity contribution in [1.82, 2.24) is 19.5 Å². The molecule has 3 aromatic heterocycles. The predicted octanol–water partition coefficient (Wildman–Crippen LogP) is 10.9. The Kier molecular flexibility index (Phi) is 6.28. The summed E-state index contributed by atoms with van der Waals surface area (Å²) < 4.78 is 3.54. The SMILES string of the molecule is c1ccc(-c2cccc(-c3nc(-c4ccc(-n5c6ccccc6c6ccccc65)cc4)nc(-c4cc5ccccc5s4)n3)c2)cc1. The monoisotopic (exact) mass is 606 g/mol. The molecule has 4 nitrogen and oxygen atoms in total. The molecule has 216 valence electrons. The second kappa shape index (κ2) is 10.9. The van der Waals surface area contributed by atoms with Crippen LogP contribution in [0.2, 0.25) is 0 Å². The van der Waals surface area contributed by atoms with Crippen molar-refractivity contribution >= 4 is 43.2 Å². The first kappa shape index (κ1) is 26.5. The summed E-state index contributed by atoms with van der Waals surface area (Å²) >= 11 is 1.70. The molecule has 9 aromatic rings. The Morgan fingerprint density at radius 3 is 1.74 bits per heavy atom. The number of para-hydroxylation sites is 2. The van der Waals surface area contributed by atoms with Crippen molar-refractivity contribution in [2.75, 3.05) is 0 Å². The molecule has 0 fully saturated rings. The van der Waals surface area contributed by atoms with Gasteiger partial charge in [-0.2, -0.15) is 0 Å². The van der Waals surface area contributed by atoms with Gasteiger partial charge in [0.25, 0.3) is 0 Å². The molecule has 0 amide bonds. The molecule has 3 heterocycles. The second-order valence-corrected chi connectivity index (χ2v) is 12.4. The minimum atomic E-state index is 0.649. The molecule has 0 saturated heterocycles. The summed E-state index contributed by atoms with van der Waals surface area (Å²) in [7, 11) is 0. The second-order valence-electron chi connectivity index (χ2n) is 11.3. The van der Waals surface area contributed by atoms with Gasteiger partial charge in [0.05, 0.1) is 15.9 Å². The lowest BCUT2D eigenvalue weighted by atomic mass is 10.0. The van der Waals surface area contributed by atoms with Gasteiger partial charge in [-0.25, -0.2) is 15.0 Å². The number of thiophene rings is 1. The fourth-order valence-electron chi connectivity index (χ4n) is 6.27. The number of nitrogens with zero attached hydrogens (tertiary/aromatic N) is 4. The van der Waals surface area contributed by atoms with Gasteiger partial charge in [-0.15, -0.1) is 11.3 Å². The van der Waals surface area contributed by atoms with Crippen LogP contribution < -0.4 is 0 Å². The van der Waals surface area contributed by atoms with Crippen LogP contribution in [0.5, 0.6) is 0 Å². The smallest absolute Gasteiger partial charge is 0.174 e. The van der Waals surface area contributed by atoms with Gasteiger partial charge in [0.1, 0.15) is 0 Å². The highest BCUT2D eigenvalue weighted by Gasteiger charge is 2.16. The zero-order valence-corrected chi connectivity index (χ0v) is 25.5. The zero-order valence-electron chi connectivity index (χ0n) is 24.7. The van der Waals surface area contributed by atoms with Crippen molar-refractivity contribution in [3.05, 3.63) is 158 Å². The maximum Gasteiger partial charge on any atom is 0.174 e. The van der Waals surface area contributed by atoms with Gasteiger partial charge in [0.15, 0.2) is 17.5 Å². The van der Waals surface area contributed by atoms with Gasteiger partial charge < -0.3 is 4.57 Å². The van der Waals surface area contributed by atoms with Gasteiger partial charge in [0, 0.05) is 32.3 Å². The van der Waals surface area contributed by atoms with Crippen molar-refractivity contribution in [2.45, 2.75) is 0 Å². The highest BCUT2D eigenvalue weighted by molar-refractivity contribution is 7.22. The van der Waals surface area contributed by atoms with Crippen molar-refractivity contribution in [3.63, 3.8) is 0 Å². The average Bonchev–Trinajstić information content (AvgIpc) is 3.72. The van der Waals surface area contributed by atoms with Gasteiger partial charge in [-0.3, -0.25) is 0 Å². The lowest BCUT2D eigenvalue weighted by Gasteiger charge is -2.11. The van der Waals surface area contributed by atoms with Crippen LogP contribution in [0.4, 0.5) is 0 Å². The molecule has 0 saturated carbocycles. The van der Waals surface area contributed by atoms with Crippen LogP contribution in [-0.2, 0) is 0 Å². The molecule has 6 aromatic carbocycles. The molecule has 0 atom stereocenters. The number of hydrogen-bond acceptors (Lipinski definition) is 4. The molecule has 46 heavy (non-hydrogen) atoms. The Morgan fingerprint density at radius 1 is 0.413 bits per heavy atom. The van der Waals surface area contributed by atoms with Crippen LogP contribution in [0.1, 0.15) is 0 Å². The van der Waals surface area contributed by atoms with E-state index in [1.165, 1.54) is 31.9 Å². The van der Waals surface area contributed by atoms with E-state index in [-0.39, 0.29) is 0 Å². The molecule has 5 heteroatoms. The Morgan fingerprint density at radius 2 is 1.00 bits per heavy atom. The van der Waals surface area contributed by atoms with Crippen LogP contribution in [-0.4, -0.2) is 19.5 Å². The van der Waals surface area contributed by atoms with Gasteiger partial charge >= 0.3 is 0 Å². The van der Waals surface area contributed by atoms with E-state index in [4.69, 9.17) is 15.0 Å². The number of aromatic nitrogens is 4. The Balaban J connectivity index is 1.18. The summed E-state index contributed by atoms with van der Waals surface area (Å²) in [6, 6.07) is 55.1. The van der Waals surface area contributed by atoms with Gasteiger partial charge in [-0.05, 0) is 71.1 Å². The first-order chi connectivity index (χ1) is 22.8. The highest BCUT2D eigenvalue weighted by atomic mass is 32.1. The number of benzene rings is 6. The third-order valence-corrected chi connectivity index (χ3v) is 9.59. The molecular weight excluding hydrogens is 581 g/mol. The third kappa shape index (κ3) is 4.57. The molecule has 0 aliphatic rings. The summed E-state index contributed by atoms with van der Waals surface area (Å²) in [5.41, 5.74) is 7.64. The van der Waals surface area contributed by atoms with E-state index in [2.05, 4.69) is 156 Å². The first-order valence-electron chi connectivity index (χ1n) is 15.3. The fraction of sp³-hybridized carbons (Fsp3) is 0. The minimum Gasteiger partial charge on any atom is -0.309 e. The van der Waals surface area contributed by atoms with Crippen molar-refractivity contribution < 1.29 is 0 Å². The van der Waals surface area contributed by atoms with E-state index in [0.717, 1.165) is 32.8 Å². The first-order valence-corrected chi connectivity index (χ1v) is 16.1. The van der Waals surface area contributed by atoms with E-state index in [9.17, 15) is 0 Å². The molecule has 0 N–H and O–H groups in total. The van der Waals surface area contributed by atoms with E-state index < -0.39 is 0 Å². The zero-order chi connectivity index (χ0) is 30.5. The lowest BCUT2D eigenvalue weighted by molar-refractivity contribution is 1.08. The Labute approximate surface area is 269 Å². The number of hydrogen-bond donors (Lipinski definition) is 0. The summed E-state index contributed by atoms with van der Waals surface area (Å²) in [4.78, 5) is 16.2. The van der Waals surface area contributed by atoms with Crippen LogP contribution in [0.3, 0.4) is 0 Å². The van der Waals surface area contributed by atoms with Crippen LogP contribution in [0, 0.1) is 0 Å². The standard InChI is InChI=1S/C41H26N4S/c1-2-11-27(12-3-1)29-14-10-15-31(25-29)40-42-39(43-41(44-40)38-26-30-13-4-9-20-37(30)46-38)28-21-23-32(24-22-28)45-35-18-7-5-16-33(35)34-17-6-8-19-36(34)45/h1-26H. The lowest BCUT2D eigenvalue weighted by Crippen LogP contribution is -2.00. The van der Waals surface area contributed by atoms with Crippen molar-refractivity contribution in [2.24, 2.45) is 0 Å². The molecule has 0 spiro atoms. The fourth-order valence-corrected chi connectivity index (χ4v) is 7.26. The number of rotatable bonds is 5. The summed E-state index contributed by atoms with van der Waals surface area (Å²) in [5, 5.41) is 3.68. The Bertz CT molecular complexity index is 2440. The Hall–Kier alpha value is -5.91. The molecular formula is C41H26N4S. The van der Waals surface area contributed by atoms with E-state index in [1.54, 1.807) is 11.3 Å². The normalized spacial score (nSPS) is 11.5. The largest absolute Gasteiger partial charge is 0.309 e. The topological polar surface area (TPSA) is 43.6 Å². The van der Waals surface area contributed by atoms with Gasteiger partial charge in [0.2, 0.25) is 0 Å². The molecule has 9 rings (SSSR count). The van der Waals surface area contributed by atoms with Crippen LogP contribution in [0.15, 0.2) is 158 Å². The van der Waals surface area contributed by atoms with E-state index >= 15 is 0 Å². The molecule has 0 unspecified atom stereocenters. The molecule has 0 aliphatic heterocycles. The van der Waals surface area contributed by atoms with E-state index in [1.807, 2.05) is 6.07 Å². The average molecular weight is 607 g/mol. The van der Waals surface area contributed by atoms with E-state index in [0.29, 0.717) is 17.5 Å². The molecule has 0 radical (unpaired) electrons. The van der Waals surface area contributed by atoms with Gasteiger partial charge in [-0.1, -0.05) is 103 Å². The van der Waals surface area contributed by atoms with Crippen LogP contribution in [0.25, 0.3) is 82.2 Å². The predicted molar refractivity (Wildman–Crippen MR) is 191 cm³/mol. The maximum absolute atomic E-state index is 5.06. The summed E-state index contributed by atoms with van der Waals surface area (Å²) in [5.74, 6) is 1.98. The summed E-state index contributed by atoms with van der Waals surface area (Å²) in [6.07, 6.45) is 0. The third-order valence-electron chi connectivity index (χ3n) is 8.47. The molecule has 0 aliphatic carbocycles. The van der Waals surface area contributed by atoms with Crippen molar-refractivity contribution in [3.8, 4) is 50.3 Å². The minimum absolute atomic E-state index is 0.649. The van der Waals surface area contributed by atoms with Crippen molar-refractivity contribution in [1.29, 1.82) is 0 Å². The highest BCUT2D eigenvalue weighted by Crippen LogP contribution is 2.35. The molecule has 0 bridgehead atoms.